The molecule has 1 N–H and O–H groups in total. The van der Waals surface area contributed by atoms with Crippen LogP contribution in [0.15, 0.2) is 18.3 Å². The monoisotopic (exact) mass is 344 g/mol. The van der Waals surface area contributed by atoms with E-state index in [9.17, 15) is 4.79 Å². The summed E-state index contributed by atoms with van der Waals surface area (Å²) in [4.78, 5) is 22.0. The lowest BCUT2D eigenvalue weighted by molar-refractivity contribution is -0.129. The van der Waals surface area contributed by atoms with Crippen LogP contribution in [0.2, 0.25) is 0 Å². The highest BCUT2D eigenvalue weighted by Crippen LogP contribution is 2.22. The summed E-state index contributed by atoms with van der Waals surface area (Å²) in [5.41, 5.74) is 1.19. The third-order valence-corrected chi connectivity index (χ3v) is 5.57. The molecule has 2 fully saturated rings. The van der Waals surface area contributed by atoms with Crippen molar-refractivity contribution in [2.75, 3.05) is 24.5 Å². The molecule has 3 rings (SSSR count). The second-order valence-corrected chi connectivity index (χ2v) is 7.81. The Morgan fingerprint density at radius 1 is 1.16 bits per heavy atom. The predicted octanol–water partition coefficient (Wildman–Crippen LogP) is 2.74. The van der Waals surface area contributed by atoms with E-state index in [1.807, 2.05) is 6.20 Å². The predicted molar refractivity (Wildman–Crippen MR) is 102 cm³/mol. The van der Waals surface area contributed by atoms with Gasteiger partial charge in [-0.15, -0.1) is 0 Å². The largest absolute Gasteiger partial charge is 0.356 e. The molecule has 25 heavy (non-hydrogen) atoms. The van der Waals surface area contributed by atoms with Crippen LogP contribution in [-0.2, 0) is 4.79 Å². The second kappa shape index (κ2) is 8.17. The van der Waals surface area contributed by atoms with Gasteiger partial charge in [0.25, 0.3) is 0 Å². The lowest BCUT2D eigenvalue weighted by Gasteiger charge is -2.39. The number of hydrogen-bond donors (Lipinski definition) is 1. The summed E-state index contributed by atoms with van der Waals surface area (Å²) in [6.07, 6.45) is 7.29. The minimum atomic E-state index is 0.0607. The van der Waals surface area contributed by atoms with E-state index in [0.29, 0.717) is 12.1 Å². The molecule has 138 valence electrons. The first-order chi connectivity index (χ1) is 12.0. The van der Waals surface area contributed by atoms with Gasteiger partial charge in [-0.2, -0.15) is 0 Å². The zero-order chi connectivity index (χ0) is 17.8. The Labute approximate surface area is 151 Å². The summed E-state index contributed by atoms with van der Waals surface area (Å²) in [5, 5.41) is 3.33. The molecular formula is C20H32N4O. The van der Waals surface area contributed by atoms with E-state index in [4.69, 9.17) is 0 Å². The average Bonchev–Trinajstić information content (AvgIpc) is 2.63. The molecule has 1 aromatic heterocycles. The summed E-state index contributed by atoms with van der Waals surface area (Å²) >= 11 is 0. The van der Waals surface area contributed by atoms with Crippen molar-refractivity contribution >= 4 is 11.7 Å². The fourth-order valence-electron chi connectivity index (χ4n) is 4.05. The first-order valence-electron chi connectivity index (χ1n) is 9.78. The molecule has 0 unspecified atom stereocenters. The SMILES string of the molecule is Cc1ccc(N2CCC(NC(=O)[C@H]3CCCCN3C(C)C)CC2)nc1. The summed E-state index contributed by atoms with van der Waals surface area (Å²) < 4.78 is 0. The van der Waals surface area contributed by atoms with Gasteiger partial charge < -0.3 is 10.2 Å². The fourth-order valence-corrected chi connectivity index (χ4v) is 4.05. The quantitative estimate of drug-likeness (QED) is 0.912. The van der Waals surface area contributed by atoms with Crippen molar-refractivity contribution in [3.8, 4) is 0 Å². The average molecular weight is 345 g/mol. The van der Waals surface area contributed by atoms with Gasteiger partial charge in [-0.05, 0) is 64.6 Å². The standard InChI is InChI=1S/C20H32N4O/c1-15(2)24-11-5-4-6-18(24)20(25)22-17-9-12-23(13-10-17)19-8-7-16(3)14-21-19/h7-8,14-15,17-18H,4-6,9-13H2,1-3H3,(H,22,25)/t18-/m1/s1. The normalized spacial score (nSPS) is 23.0. The van der Waals surface area contributed by atoms with Crippen molar-refractivity contribution < 1.29 is 4.79 Å². The van der Waals surface area contributed by atoms with Crippen LogP contribution in [0.4, 0.5) is 5.82 Å². The third kappa shape index (κ3) is 4.51. The Hall–Kier alpha value is -1.62. The number of likely N-dealkylation sites (tertiary alicyclic amines) is 1. The van der Waals surface area contributed by atoms with Crippen molar-refractivity contribution in [2.45, 2.75) is 71.0 Å². The molecular weight excluding hydrogens is 312 g/mol. The van der Waals surface area contributed by atoms with Crippen LogP contribution < -0.4 is 10.2 Å². The number of rotatable bonds is 4. The van der Waals surface area contributed by atoms with Gasteiger partial charge in [0.05, 0.1) is 6.04 Å². The van der Waals surface area contributed by atoms with Crippen molar-refractivity contribution in [3.63, 3.8) is 0 Å². The number of amides is 1. The molecule has 1 aromatic rings. The van der Waals surface area contributed by atoms with Crippen LogP contribution in [0, 0.1) is 6.92 Å². The first kappa shape index (κ1) is 18.2. The molecule has 5 heteroatoms. The smallest absolute Gasteiger partial charge is 0.237 e. The zero-order valence-corrected chi connectivity index (χ0v) is 15.9. The highest BCUT2D eigenvalue weighted by molar-refractivity contribution is 5.82. The van der Waals surface area contributed by atoms with Crippen molar-refractivity contribution in [1.29, 1.82) is 0 Å². The van der Waals surface area contributed by atoms with Crippen molar-refractivity contribution in [3.05, 3.63) is 23.9 Å². The molecule has 3 heterocycles. The Balaban J connectivity index is 1.51. The zero-order valence-electron chi connectivity index (χ0n) is 15.9. The Bertz CT molecular complexity index is 564. The molecule has 1 atom stereocenters. The van der Waals surface area contributed by atoms with Crippen LogP contribution in [-0.4, -0.2) is 53.6 Å². The maximum Gasteiger partial charge on any atom is 0.237 e. The number of hydrogen-bond acceptors (Lipinski definition) is 4. The van der Waals surface area contributed by atoms with Crippen molar-refractivity contribution in [1.82, 2.24) is 15.2 Å². The van der Waals surface area contributed by atoms with Gasteiger partial charge >= 0.3 is 0 Å². The van der Waals surface area contributed by atoms with Crippen molar-refractivity contribution in [2.24, 2.45) is 0 Å². The van der Waals surface area contributed by atoms with E-state index in [0.717, 1.165) is 44.7 Å². The number of carbonyl (C=O) groups is 1. The highest BCUT2D eigenvalue weighted by Gasteiger charge is 2.32. The topological polar surface area (TPSA) is 48.5 Å². The van der Waals surface area contributed by atoms with Crippen LogP contribution >= 0.6 is 0 Å². The number of aromatic nitrogens is 1. The molecule has 0 saturated carbocycles. The van der Waals surface area contributed by atoms with E-state index in [1.165, 1.54) is 18.4 Å². The number of nitrogens with zero attached hydrogens (tertiary/aromatic N) is 3. The number of piperidine rings is 2. The van der Waals surface area contributed by atoms with Gasteiger partial charge in [-0.3, -0.25) is 9.69 Å². The van der Waals surface area contributed by atoms with Crippen LogP contribution in [0.1, 0.15) is 51.5 Å². The van der Waals surface area contributed by atoms with Gasteiger partial charge in [0.2, 0.25) is 5.91 Å². The van der Waals surface area contributed by atoms with E-state index in [1.54, 1.807) is 0 Å². The number of aryl methyl sites for hydroxylation is 1. The molecule has 0 aliphatic carbocycles. The van der Waals surface area contributed by atoms with Gasteiger partial charge in [-0.1, -0.05) is 12.5 Å². The van der Waals surface area contributed by atoms with Gasteiger partial charge in [0.15, 0.2) is 0 Å². The molecule has 2 aliphatic heterocycles. The minimum Gasteiger partial charge on any atom is -0.356 e. The Morgan fingerprint density at radius 2 is 1.92 bits per heavy atom. The summed E-state index contributed by atoms with van der Waals surface area (Å²) in [7, 11) is 0. The lowest BCUT2D eigenvalue weighted by Crippen LogP contribution is -2.55. The van der Waals surface area contributed by atoms with Crippen LogP contribution in [0.3, 0.4) is 0 Å². The first-order valence-corrected chi connectivity index (χ1v) is 9.78. The van der Waals surface area contributed by atoms with Gasteiger partial charge in [0.1, 0.15) is 5.82 Å². The number of nitrogens with one attached hydrogen (secondary N) is 1. The van der Waals surface area contributed by atoms with Crippen LogP contribution in [0.25, 0.3) is 0 Å². The summed E-state index contributed by atoms with van der Waals surface area (Å²) in [6.45, 7) is 9.41. The maximum atomic E-state index is 12.8. The third-order valence-electron chi connectivity index (χ3n) is 5.57. The minimum absolute atomic E-state index is 0.0607. The Kier molecular flexibility index (Phi) is 5.94. The lowest BCUT2D eigenvalue weighted by atomic mass is 9.98. The molecule has 0 spiro atoms. The van der Waals surface area contributed by atoms with E-state index >= 15 is 0 Å². The molecule has 1 amide bonds. The molecule has 2 saturated heterocycles. The molecule has 2 aliphatic rings. The summed E-state index contributed by atoms with van der Waals surface area (Å²) in [5.74, 6) is 1.29. The molecule has 0 aromatic carbocycles. The summed E-state index contributed by atoms with van der Waals surface area (Å²) in [6, 6.07) is 5.00. The molecule has 0 bridgehead atoms. The number of anilines is 1. The second-order valence-electron chi connectivity index (χ2n) is 7.81. The van der Waals surface area contributed by atoms with Gasteiger partial charge in [-0.25, -0.2) is 4.98 Å². The Morgan fingerprint density at radius 3 is 2.56 bits per heavy atom. The van der Waals surface area contributed by atoms with E-state index in [-0.39, 0.29) is 11.9 Å². The molecule has 0 radical (unpaired) electrons. The van der Waals surface area contributed by atoms with Crippen LogP contribution in [0.5, 0.6) is 0 Å². The van der Waals surface area contributed by atoms with E-state index < -0.39 is 0 Å². The molecule has 5 nitrogen and oxygen atoms in total. The maximum absolute atomic E-state index is 12.8. The van der Waals surface area contributed by atoms with Gasteiger partial charge in [0, 0.05) is 31.4 Å². The number of pyridine rings is 1. The number of carbonyl (C=O) groups excluding carboxylic acids is 1. The fraction of sp³-hybridized carbons (Fsp3) is 0.700. The van der Waals surface area contributed by atoms with E-state index in [2.05, 4.69) is 53.0 Å². The highest BCUT2D eigenvalue weighted by atomic mass is 16.2.